The van der Waals surface area contributed by atoms with Crippen molar-refractivity contribution in [2.24, 2.45) is 0 Å². The van der Waals surface area contributed by atoms with Gasteiger partial charge in [-0.25, -0.2) is 4.39 Å². The van der Waals surface area contributed by atoms with Gasteiger partial charge in [-0.2, -0.15) is 0 Å². The molecule has 2 aliphatic rings. The lowest BCUT2D eigenvalue weighted by atomic mass is 9.98. The van der Waals surface area contributed by atoms with Crippen molar-refractivity contribution in [3.8, 4) is 5.75 Å². The zero-order chi connectivity index (χ0) is 19.7. The number of anilines is 1. The van der Waals surface area contributed by atoms with Crippen LogP contribution in [-0.4, -0.2) is 38.3 Å². The summed E-state index contributed by atoms with van der Waals surface area (Å²) in [6, 6.07) is 7.13. The minimum Gasteiger partial charge on any atom is -0.496 e. The molecule has 0 spiro atoms. The molecule has 4 rings (SSSR count). The fourth-order valence-electron chi connectivity index (χ4n) is 4.29. The molecule has 1 unspecified atom stereocenters. The molecule has 1 aromatic heterocycles. The Morgan fingerprint density at radius 1 is 1.21 bits per heavy atom. The zero-order valence-electron chi connectivity index (χ0n) is 16.7. The number of aromatic nitrogens is 1. The van der Waals surface area contributed by atoms with E-state index >= 15 is 0 Å². The number of halogens is 1. The lowest BCUT2D eigenvalue weighted by molar-refractivity contribution is 0.409. The van der Waals surface area contributed by atoms with Crippen LogP contribution in [0.5, 0.6) is 5.75 Å². The minimum atomic E-state index is -0.262. The van der Waals surface area contributed by atoms with E-state index in [9.17, 15) is 4.39 Å². The largest absolute Gasteiger partial charge is 0.496 e. The molecule has 0 amide bonds. The second-order valence-electron chi connectivity index (χ2n) is 7.45. The molecule has 3 heterocycles. The molecule has 1 atom stereocenters. The quantitative estimate of drug-likeness (QED) is 0.850. The molecule has 0 saturated carbocycles. The van der Waals surface area contributed by atoms with Crippen molar-refractivity contribution in [2.75, 3.05) is 38.2 Å². The molecule has 28 heavy (non-hydrogen) atoms. The molecule has 2 aliphatic heterocycles. The van der Waals surface area contributed by atoms with E-state index in [1.54, 1.807) is 19.2 Å². The Morgan fingerprint density at radius 2 is 2.00 bits per heavy atom. The molecular formula is C22H27FN4O. The van der Waals surface area contributed by atoms with Crippen molar-refractivity contribution in [3.05, 3.63) is 58.8 Å². The Hall–Kier alpha value is -2.60. The van der Waals surface area contributed by atoms with Gasteiger partial charge in [0.25, 0.3) is 0 Å². The van der Waals surface area contributed by atoms with Gasteiger partial charge in [-0.05, 0) is 43.2 Å². The first kappa shape index (κ1) is 18.7. The maximum Gasteiger partial charge on any atom is 0.134 e. The molecule has 0 aliphatic carbocycles. The van der Waals surface area contributed by atoms with Gasteiger partial charge >= 0.3 is 0 Å². The second kappa shape index (κ2) is 7.80. The van der Waals surface area contributed by atoms with Crippen LogP contribution in [0.25, 0.3) is 5.57 Å². The van der Waals surface area contributed by atoms with Crippen LogP contribution < -0.4 is 20.3 Å². The highest BCUT2D eigenvalue weighted by atomic mass is 19.1. The van der Waals surface area contributed by atoms with Crippen molar-refractivity contribution in [3.63, 3.8) is 0 Å². The predicted octanol–water partition coefficient (Wildman–Crippen LogP) is 3.33. The van der Waals surface area contributed by atoms with E-state index in [0.717, 1.165) is 43.1 Å². The van der Waals surface area contributed by atoms with E-state index in [4.69, 9.17) is 9.72 Å². The third kappa shape index (κ3) is 3.44. The van der Waals surface area contributed by atoms with Crippen LogP contribution in [0.15, 0.2) is 30.5 Å². The molecule has 2 aromatic rings. The van der Waals surface area contributed by atoms with Gasteiger partial charge in [0.1, 0.15) is 11.6 Å². The highest BCUT2D eigenvalue weighted by molar-refractivity contribution is 5.73. The van der Waals surface area contributed by atoms with E-state index in [1.165, 1.54) is 17.3 Å². The number of ether oxygens (including phenoxy) is 1. The average Bonchev–Trinajstić information content (AvgIpc) is 3.17. The summed E-state index contributed by atoms with van der Waals surface area (Å²) < 4.78 is 19.8. The second-order valence-corrected chi connectivity index (χ2v) is 7.45. The van der Waals surface area contributed by atoms with Gasteiger partial charge in [0.15, 0.2) is 0 Å². The number of benzene rings is 1. The fourth-order valence-corrected chi connectivity index (χ4v) is 4.29. The molecule has 2 N–H and O–H groups in total. The standard InChI is InChI=1S/C22H27FN4O/c1-14-11-19(26-15(2)22(14)27-9-7-24-8-10-27)18-12-16(13-25-18)21-17(23)5-4-6-20(21)28-3/h4-6,11,13,18,24-25H,7-10,12H2,1-3H3. The first-order valence-corrected chi connectivity index (χ1v) is 9.80. The summed E-state index contributed by atoms with van der Waals surface area (Å²) in [5.41, 5.74) is 5.97. The Kier molecular flexibility index (Phi) is 5.22. The van der Waals surface area contributed by atoms with Crippen LogP contribution in [0.2, 0.25) is 0 Å². The lowest BCUT2D eigenvalue weighted by Gasteiger charge is -2.32. The van der Waals surface area contributed by atoms with Gasteiger partial charge in [0.2, 0.25) is 0 Å². The number of aryl methyl sites for hydroxylation is 2. The Labute approximate surface area is 165 Å². The van der Waals surface area contributed by atoms with Crippen molar-refractivity contribution in [1.29, 1.82) is 0 Å². The van der Waals surface area contributed by atoms with Crippen molar-refractivity contribution in [1.82, 2.24) is 15.6 Å². The summed E-state index contributed by atoms with van der Waals surface area (Å²) in [5, 5.41) is 6.78. The number of hydrogen-bond donors (Lipinski definition) is 2. The van der Waals surface area contributed by atoms with E-state index < -0.39 is 0 Å². The Morgan fingerprint density at radius 3 is 2.71 bits per heavy atom. The van der Waals surface area contributed by atoms with Gasteiger partial charge in [0.05, 0.1) is 35.8 Å². The molecule has 148 valence electrons. The van der Waals surface area contributed by atoms with E-state index in [1.807, 2.05) is 6.20 Å². The number of hydrogen-bond acceptors (Lipinski definition) is 5. The molecular weight excluding hydrogens is 355 g/mol. The summed E-state index contributed by atoms with van der Waals surface area (Å²) in [6.07, 6.45) is 2.57. The van der Waals surface area contributed by atoms with Gasteiger partial charge in [0, 0.05) is 38.8 Å². The van der Waals surface area contributed by atoms with Crippen LogP contribution >= 0.6 is 0 Å². The first-order chi connectivity index (χ1) is 13.6. The third-order valence-corrected chi connectivity index (χ3v) is 5.57. The molecule has 1 aromatic carbocycles. The highest BCUT2D eigenvalue weighted by Gasteiger charge is 2.26. The van der Waals surface area contributed by atoms with Crippen LogP contribution in [0.4, 0.5) is 10.1 Å². The van der Waals surface area contributed by atoms with Crippen molar-refractivity contribution >= 4 is 11.3 Å². The van der Waals surface area contributed by atoms with Gasteiger partial charge in [-0.15, -0.1) is 0 Å². The molecule has 1 saturated heterocycles. The fraction of sp³-hybridized carbons (Fsp3) is 0.409. The topological polar surface area (TPSA) is 49.4 Å². The number of nitrogens with zero attached hydrogens (tertiary/aromatic N) is 2. The summed E-state index contributed by atoms with van der Waals surface area (Å²) in [4.78, 5) is 7.31. The van der Waals surface area contributed by atoms with E-state index in [2.05, 4.69) is 35.4 Å². The SMILES string of the molecule is COc1cccc(F)c1C1=CNC(c2cc(C)c(N3CCNCC3)c(C)n2)C1. The number of rotatable bonds is 4. The smallest absolute Gasteiger partial charge is 0.134 e. The zero-order valence-corrected chi connectivity index (χ0v) is 16.7. The van der Waals surface area contributed by atoms with Crippen LogP contribution in [0.1, 0.15) is 35.0 Å². The Bertz CT molecular complexity index is 882. The Balaban J connectivity index is 1.57. The average molecular weight is 382 g/mol. The van der Waals surface area contributed by atoms with Crippen molar-refractivity contribution in [2.45, 2.75) is 26.3 Å². The number of methoxy groups -OCH3 is 1. The molecule has 0 bridgehead atoms. The van der Waals surface area contributed by atoms with Crippen LogP contribution in [0, 0.1) is 19.7 Å². The number of piperazine rings is 1. The van der Waals surface area contributed by atoms with Crippen LogP contribution in [-0.2, 0) is 0 Å². The number of pyridine rings is 1. The van der Waals surface area contributed by atoms with E-state index in [0.29, 0.717) is 17.7 Å². The summed E-state index contributed by atoms with van der Waals surface area (Å²) in [6.45, 7) is 8.24. The van der Waals surface area contributed by atoms with Crippen LogP contribution in [0.3, 0.4) is 0 Å². The molecule has 6 heteroatoms. The molecule has 1 fully saturated rings. The molecule has 5 nitrogen and oxygen atoms in total. The summed E-state index contributed by atoms with van der Waals surface area (Å²) >= 11 is 0. The maximum atomic E-state index is 14.4. The normalized spacial score (nSPS) is 19.4. The summed E-state index contributed by atoms with van der Waals surface area (Å²) in [5.74, 6) is 0.297. The van der Waals surface area contributed by atoms with Gasteiger partial charge in [-0.1, -0.05) is 6.07 Å². The van der Waals surface area contributed by atoms with Gasteiger partial charge in [-0.3, -0.25) is 4.98 Å². The van der Waals surface area contributed by atoms with E-state index in [-0.39, 0.29) is 11.9 Å². The number of nitrogens with one attached hydrogen (secondary N) is 2. The monoisotopic (exact) mass is 382 g/mol. The summed E-state index contributed by atoms with van der Waals surface area (Å²) in [7, 11) is 1.57. The molecule has 0 radical (unpaired) electrons. The maximum absolute atomic E-state index is 14.4. The highest BCUT2D eigenvalue weighted by Crippen LogP contribution is 2.38. The minimum absolute atomic E-state index is 0.0359. The first-order valence-electron chi connectivity index (χ1n) is 9.80. The van der Waals surface area contributed by atoms with Gasteiger partial charge < -0.3 is 20.3 Å². The third-order valence-electron chi connectivity index (χ3n) is 5.57. The van der Waals surface area contributed by atoms with Crippen molar-refractivity contribution < 1.29 is 9.13 Å². The lowest BCUT2D eigenvalue weighted by Crippen LogP contribution is -2.44. The predicted molar refractivity (Wildman–Crippen MR) is 110 cm³/mol.